The number of hydrogen-bond donors (Lipinski definition) is 3. The Kier molecular flexibility index (Phi) is 11.8. The van der Waals surface area contributed by atoms with Crippen molar-refractivity contribution in [2.45, 2.75) is 65.0 Å². The second-order valence-corrected chi connectivity index (χ2v) is 10.9. The van der Waals surface area contributed by atoms with E-state index >= 15 is 0 Å². The van der Waals surface area contributed by atoms with E-state index in [1.807, 2.05) is 26.8 Å². The Morgan fingerprint density at radius 3 is 2.74 bits per heavy atom. The van der Waals surface area contributed by atoms with Crippen LogP contribution in [-0.2, 0) is 31.9 Å². The largest absolute Gasteiger partial charge is 0.494 e. The van der Waals surface area contributed by atoms with Gasteiger partial charge < -0.3 is 30.6 Å². The first kappa shape index (κ1) is 32.5. The topological polar surface area (TPSA) is 137 Å². The van der Waals surface area contributed by atoms with Crippen molar-refractivity contribution in [2.24, 2.45) is 10.7 Å². The fraction of sp³-hybridized carbons (Fsp3) is 0.484. The van der Waals surface area contributed by atoms with Crippen molar-refractivity contribution in [2.75, 3.05) is 38.7 Å². The van der Waals surface area contributed by atoms with Gasteiger partial charge in [-0.1, -0.05) is 12.1 Å². The summed E-state index contributed by atoms with van der Waals surface area (Å²) in [4.78, 5) is 35.1. The van der Waals surface area contributed by atoms with E-state index < -0.39 is 29.3 Å². The molecule has 2 heterocycles. The first-order valence-corrected chi connectivity index (χ1v) is 14.2. The third kappa shape index (κ3) is 9.83. The molecule has 0 spiro atoms. The van der Waals surface area contributed by atoms with Crippen LogP contribution in [0, 0.1) is 5.82 Å². The predicted molar refractivity (Wildman–Crippen MR) is 160 cm³/mol. The molecular weight excluding hydrogens is 541 g/mol. The van der Waals surface area contributed by atoms with Crippen molar-refractivity contribution < 1.29 is 28.2 Å². The van der Waals surface area contributed by atoms with E-state index in [9.17, 15) is 14.0 Å². The van der Waals surface area contributed by atoms with Crippen molar-refractivity contribution in [3.63, 3.8) is 0 Å². The van der Waals surface area contributed by atoms with Crippen molar-refractivity contribution in [1.82, 2.24) is 10.3 Å². The average molecular weight is 584 g/mol. The van der Waals surface area contributed by atoms with E-state index in [0.29, 0.717) is 18.5 Å². The number of aryl methyl sites for hydroxylation is 1. The Morgan fingerprint density at radius 1 is 1.26 bits per heavy atom. The standard InChI is InChI=1S/C31H42FN5O5/c1-6-41-28(38)17-26(21-10-12-27(40-5)24(32)16-21)37-30(39)23(25(33)19-42-31(2,3)4)18-34-15-13-22-11-9-20-8-7-14-35-29(20)36-22/h9-12,16,18,26H,6-8,13-15,17,19,33H2,1-5H3,(H,35,36)(H,37,39). The summed E-state index contributed by atoms with van der Waals surface area (Å²) in [7, 11) is 1.35. The van der Waals surface area contributed by atoms with E-state index in [0.717, 1.165) is 30.9 Å². The quantitative estimate of drug-likeness (QED) is 0.183. The number of fused-ring (bicyclic) bond motifs is 1. The number of carbonyl (C=O) groups is 2. The van der Waals surface area contributed by atoms with Crippen LogP contribution >= 0.6 is 0 Å². The summed E-state index contributed by atoms with van der Waals surface area (Å²) in [6, 6.07) is 7.40. The number of methoxy groups -OCH3 is 1. The van der Waals surface area contributed by atoms with Crippen LogP contribution in [0.1, 0.15) is 63.4 Å². The van der Waals surface area contributed by atoms with Gasteiger partial charge in [-0.3, -0.25) is 14.6 Å². The summed E-state index contributed by atoms with van der Waals surface area (Å²) in [5.41, 5.74) is 8.54. The van der Waals surface area contributed by atoms with Crippen LogP contribution in [0.15, 0.2) is 46.6 Å². The van der Waals surface area contributed by atoms with Crippen LogP contribution in [0.25, 0.3) is 0 Å². The van der Waals surface area contributed by atoms with Gasteiger partial charge in [-0.2, -0.15) is 0 Å². The van der Waals surface area contributed by atoms with Crippen LogP contribution < -0.4 is 21.1 Å². The smallest absolute Gasteiger partial charge is 0.308 e. The molecule has 11 heteroatoms. The third-order valence-electron chi connectivity index (χ3n) is 6.48. The minimum atomic E-state index is -0.899. The van der Waals surface area contributed by atoms with Gasteiger partial charge in [0.25, 0.3) is 5.91 Å². The summed E-state index contributed by atoms with van der Waals surface area (Å²) >= 11 is 0. The zero-order valence-corrected chi connectivity index (χ0v) is 25.1. The molecule has 10 nitrogen and oxygen atoms in total. The molecule has 0 radical (unpaired) electrons. The number of carbonyl (C=O) groups excluding carboxylic acids is 2. The van der Waals surface area contributed by atoms with Gasteiger partial charge in [0.1, 0.15) is 5.82 Å². The second-order valence-electron chi connectivity index (χ2n) is 10.9. The average Bonchev–Trinajstić information content (AvgIpc) is 2.95. The lowest BCUT2D eigenvalue weighted by Crippen LogP contribution is -2.34. The number of ether oxygens (including phenoxy) is 3. The molecule has 1 atom stereocenters. The van der Waals surface area contributed by atoms with Crippen molar-refractivity contribution in [3.8, 4) is 5.75 Å². The summed E-state index contributed by atoms with van der Waals surface area (Å²) in [5.74, 6) is -0.807. The molecule has 42 heavy (non-hydrogen) atoms. The molecule has 0 saturated carbocycles. The monoisotopic (exact) mass is 583 g/mol. The molecular formula is C31H42FN5O5. The Labute approximate surface area is 246 Å². The third-order valence-corrected chi connectivity index (χ3v) is 6.48. The van der Waals surface area contributed by atoms with Gasteiger partial charge in [0, 0.05) is 37.1 Å². The van der Waals surface area contributed by atoms with Crippen molar-refractivity contribution in [3.05, 3.63) is 64.2 Å². The molecule has 1 aromatic heterocycles. The maximum atomic E-state index is 14.5. The summed E-state index contributed by atoms with van der Waals surface area (Å²) < 4.78 is 30.4. The molecule has 0 aliphatic carbocycles. The molecule has 0 fully saturated rings. The van der Waals surface area contributed by atoms with Crippen LogP contribution in [0.2, 0.25) is 0 Å². The first-order chi connectivity index (χ1) is 20.0. The van der Waals surface area contributed by atoms with Gasteiger partial charge in [0.15, 0.2) is 11.6 Å². The van der Waals surface area contributed by atoms with Gasteiger partial charge >= 0.3 is 5.97 Å². The highest BCUT2D eigenvalue weighted by Gasteiger charge is 2.24. The normalized spacial score (nSPS) is 14.4. The number of rotatable bonds is 13. The van der Waals surface area contributed by atoms with Crippen LogP contribution in [0.5, 0.6) is 5.75 Å². The second kappa shape index (κ2) is 15.3. The first-order valence-electron chi connectivity index (χ1n) is 14.2. The number of anilines is 1. The SMILES string of the molecule is CCOC(=O)CC(NC(=O)C(C=NCCc1ccc2c(n1)NCCC2)=C(N)COC(C)(C)C)c1ccc(OC)c(F)c1. The molecule has 0 saturated heterocycles. The molecule has 3 rings (SSSR count). The molecule has 228 valence electrons. The maximum absolute atomic E-state index is 14.5. The minimum absolute atomic E-state index is 0.0178. The fourth-order valence-electron chi connectivity index (χ4n) is 4.28. The fourth-order valence-corrected chi connectivity index (χ4v) is 4.28. The number of pyridine rings is 1. The molecule has 1 unspecified atom stereocenters. The summed E-state index contributed by atoms with van der Waals surface area (Å²) in [5, 5.41) is 6.13. The lowest BCUT2D eigenvalue weighted by atomic mass is 10.0. The van der Waals surface area contributed by atoms with E-state index in [4.69, 9.17) is 19.9 Å². The molecule has 4 N–H and O–H groups in total. The van der Waals surface area contributed by atoms with E-state index in [1.165, 1.54) is 31.0 Å². The van der Waals surface area contributed by atoms with Gasteiger partial charge in [-0.25, -0.2) is 9.37 Å². The molecule has 1 aliphatic heterocycles. The van der Waals surface area contributed by atoms with E-state index in [-0.39, 0.29) is 36.7 Å². The molecule has 2 aromatic rings. The number of hydrogen-bond acceptors (Lipinski definition) is 9. The number of benzene rings is 1. The molecule has 0 bridgehead atoms. The number of aliphatic imine (C=N–C) groups is 1. The predicted octanol–water partition coefficient (Wildman–Crippen LogP) is 4.04. The molecule has 1 amide bonds. The number of nitrogens with one attached hydrogen (secondary N) is 2. The number of amides is 1. The number of nitrogens with zero attached hydrogens (tertiary/aromatic N) is 2. The van der Waals surface area contributed by atoms with Crippen LogP contribution in [0.4, 0.5) is 10.2 Å². The van der Waals surface area contributed by atoms with Gasteiger partial charge in [-0.15, -0.1) is 0 Å². The van der Waals surface area contributed by atoms with Gasteiger partial charge in [0.05, 0.1) is 44.0 Å². The van der Waals surface area contributed by atoms with Crippen molar-refractivity contribution in [1.29, 1.82) is 0 Å². The molecule has 1 aromatic carbocycles. The number of esters is 1. The number of halogens is 1. The van der Waals surface area contributed by atoms with Gasteiger partial charge in [0.2, 0.25) is 0 Å². The summed E-state index contributed by atoms with van der Waals surface area (Å²) in [6.07, 6.45) is 3.85. The van der Waals surface area contributed by atoms with Crippen molar-refractivity contribution >= 4 is 23.9 Å². The summed E-state index contributed by atoms with van der Waals surface area (Å²) in [6.45, 7) is 8.73. The van der Waals surface area contributed by atoms with Gasteiger partial charge in [-0.05, 0) is 69.9 Å². The van der Waals surface area contributed by atoms with Crippen LogP contribution in [0.3, 0.4) is 0 Å². The number of nitrogens with two attached hydrogens (primary N) is 1. The Hall–Kier alpha value is -3.99. The highest BCUT2D eigenvalue weighted by molar-refractivity contribution is 6.13. The lowest BCUT2D eigenvalue weighted by Gasteiger charge is -2.22. The van der Waals surface area contributed by atoms with Crippen LogP contribution in [-0.4, -0.2) is 62.1 Å². The Balaban J connectivity index is 1.82. The lowest BCUT2D eigenvalue weighted by molar-refractivity contribution is -0.143. The highest BCUT2D eigenvalue weighted by Crippen LogP contribution is 2.25. The highest BCUT2D eigenvalue weighted by atomic mass is 19.1. The molecule has 1 aliphatic rings. The number of aromatic nitrogens is 1. The van der Waals surface area contributed by atoms with E-state index in [1.54, 1.807) is 13.0 Å². The van der Waals surface area contributed by atoms with E-state index in [2.05, 4.69) is 26.7 Å². The minimum Gasteiger partial charge on any atom is -0.494 e. The maximum Gasteiger partial charge on any atom is 0.308 e. The zero-order valence-electron chi connectivity index (χ0n) is 25.1. The zero-order chi connectivity index (χ0) is 30.7. The Morgan fingerprint density at radius 2 is 2.05 bits per heavy atom. The Bertz CT molecular complexity index is 1310.